The van der Waals surface area contributed by atoms with E-state index in [9.17, 15) is 9.59 Å². The van der Waals surface area contributed by atoms with Gasteiger partial charge in [-0.2, -0.15) is 0 Å². The van der Waals surface area contributed by atoms with Crippen LogP contribution in [-0.2, 0) is 11.3 Å². The molecule has 1 aliphatic rings. The lowest BCUT2D eigenvalue weighted by molar-refractivity contribution is -0.133. The molecule has 0 bridgehead atoms. The Morgan fingerprint density at radius 3 is 2.79 bits per heavy atom. The Bertz CT molecular complexity index is 952. The van der Waals surface area contributed by atoms with Gasteiger partial charge in [-0.15, -0.1) is 0 Å². The minimum absolute atomic E-state index is 0.0192. The fourth-order valence-electron chi connectivity index (χ4n) is 3.65. The number of benzene rings is 1. The zero-order valence-corrected chi connectivity index (χ0v) is 15.9. The highest BCUT2D eigenvalue weighted by Crippen LogP contribution is 2.19. The van der Waals surface area contributed by atoms with Crippen LogP contribution in [0.25, 0.3) is 5.78 Å². The molecule has 3 heterocycles. The van der Waals surface area contributed by atoms with Crippen molar-refractivity contribution in [2.24, 2.45) is 0 Å². The van der Waals surface area contributed by atoms with E-state index in [-0.39, 0.29) is 17.9 Å². The molecule has 0 N–H and O–H groups in total. The third kappa shape index (κ3) is 3.60. The van der Waals surface area contributed by atoms with Gasteiger partial charge in [-0.3, -0.25) is 14.0 Å². The summed E-state index contributed by atoms with van der Waals surface area (Å²) in [5, 5.41) is 0. The fourth-order valence-corrected chi connectivity index (χ4v) is 3.65. The second-order valence-electron chi connectivity index (χ2n) is 7.02. The number of hydrogen-bond donors (Lipinski definition) is 0. The molecule has 0 radical (unpaired) electrons. The predicted molar refractivity (Wildman–Crippen MR) is 105 cm³/mol. The molecule has 0 saturated carbocycles. The van der Waals surface area contributed by atoms with Gasteiger partial charge in [0.05, 0.1) is 0 Å². The molecule has 1 aromatic carbocycles. The largest absolute Gasteiger partial charge is 0.335 e. The van der Waals surface area contributed by atoms with E-state index in [0.29, 0.717) is 37.5 Å². The lowest BCUT2D eigenvalue weighted by Gasteiger charge is -2.31. The molecule has 2 amide bonds. The highest BCUT2D eigenvalue weighted by atomic mass is 16.2. The summed E-state index contributed by atoms with van der Waals surface area (Å²) in [5.74, 6) is 0.426. The molecule has 144 valence electrons. The highest BCUT2D eigenvalue weighted by Gasteiger charge is 2.31. The van der Waals surface area contributed by atoms with Gasteiger partial charge in [0.2, 0.25) is 11.7 Å². The van der Waals surface area contributed by atoms with Crippen molar-refractivity contribution in [3.8, 4) is 0 Å². The summed E-state index contributed by atoms with van der Waals surface area (Å²) >= 11 is 0. The van der Waals surface area contributed by atoms with Gasteiger partial charge >= 0.3 is 0 Å². The number of carbonyl (C=O) groups excluding carboxylic acids is 2. The topological polar surface area (TPSA) is 70.8 Å². The average Bonchev–Trinajstić information content (AvgIpc) is 3.10. The third-order valence-electron chi connectivity index (χ3n) is 5.20. The smallest absolute Gasteiger partial charge is 0.274 e. The number of hydrogen-bond acceptors (Lipinski definition) is 4. The first-order chi connectivity index (χ1) is 13.7. The molecule has 2 aromatic heterocycles. The summed E-state index contributed by atoms with van der Waals surface area (Å²) in [6, 6.07) is 11.7. The van der Waals surface area contributed by atoms with Crippen LogP contribution in [0.4, 0.5) is 0 Å². The van der Waals surface area contributed by atoms with E-state index in [4.69, 9.17) is 0 Å². The van der Waals surface area contributed by atoms with Gasteiger partial charge < -0.3 is 9.80 Å². The molecule has 3 aromatic rings. The molecule has 1 saturated heterocycles. The van der Waals surface area contributed by atoms with E-state index in [1.54, 1.807) is 27.8 Å². The number of aromatic nitrogens is 3. The van der Waals surface area contributed by atoms with E-state index in [1.165, 1.54) is 0 Å². The van der Waals surface area contributed by atoms with Gasteiger partial charge in [0.15, 0.2) is 0 Å². The van der Waals surface area contributed by atoms with E-state index in [2.05, 4.69) is 16.9 Å². The Hall–Kier alpha value is -3.22. The Labute approximate surface area is 163 Å². The van der Waals surface area contributed by atoms with Gasteiger partial charge in [-0.05, 0) is 18.1 Å². The van der Waals surface area contributed by atoms with Crippen LogP contribution in [0, 0.1) is 0 Å². The average molecular weight is 377 g/mol. The lowest BCUT2D eigenvalue weighted by atomic mass is 10.1. The van der Waals surface area contributed by atoms with Crippen molar-refractivity contribution >= 4 is 17.6 Å². The normalized spacial score (nSPS) is 17.8. The number of imidazole rings is 1. The molecule has 1 aliphatic heterocycles. The third-order valence-corrected chi connectivity index (χ3v) is 5.20. The van der Waals surface area contributed by atoms with Gasteiger partial charge in [0.25, 0.3) is 5.91 Å². The van der Waals surface area contributed by atoms with E-state index in [1.807, 2.05) is 41.4 Å². The Kier molecular flexibility index (Phi) is 5.06. The zero-order valence-electron chi connectivity index (χ0n) is 15.9. The summed E-state index contributed by atoms with van der Waals surface area (Å²) in [6.45, 7) is 3.53. The maximum atomic E-state index is 13.0. The minimum Gasteiger partial charge on any atom is -0.335 e. The maximum absolute atomic E-state index is 13.0. The summed E-state index contributed by atoms with van der Waals surface area (Å²) in [4.78, 5) is 38.0. The van der Waals surface area contributed by atoms with Crippen LogP contribution in [0.3, 0.4) is 0 Å². The predicted octanol–water partition coefficient (Wildman–Crippen LogP) is 2.38. The van der Waals surface area contributed by atoms with Crippen molar-refractivity contribution in [3.05, 3.63) is 66.2 Å². The molecular weight excluding hydrogens is 354 g/mol. The molecule has 7 nitrogen and oxygen atoms in total. The van der Waals surface area contributed by atoms with Crippen LogP contribution in [0.2, 0.25) is 0 Å². The van der Waals surface area contributed by atoms with Gasteiger partial charge in [0, 0.05) is 50.7 Å². The van der Waals surface area contributed by atoms with Crippen LogP contribution in [-0.4, -0.2) is 55.1 Å². The first-order valence-electron chi connectivity index (χ1n) is 9.58. The minimum atomic E-state index is -0.154. The second-order valence-corrected chi connectivity index (χ2v) is 7.02. The van der Waals surface area contributed by atoms with E-state index < -0.39 is 0 Å². The van der Waals surface area contributed by atoms with Crippen molar-refractivity contribution < 1.29 is 9.59 Å². The second kappa shape index (κ2) is 7.80. The number of fused-ring (bicyclic) bond motifs is 1. The van der Waals surface area contributed by atoms with Crippen LogP contribution in [0.1, 0.15) is 35.8 Å². The van der Waals surface area contributed by atoms with Crippen LogP contribution in [0.15, 0.2) is 55.0 Å². The molecule has 0 aliphatic carbocycles. The number of amides is 2. The molecule has 4 rings (SSSR count). The van der Waals surface area contributed by atoms with Crippen LogP contribution in [0.5, 0.6) is 0 Å². The lowest BCUT2D eigenvalue weighted by Crippen LogP contribution is -2.43. The highest BCUT2D eigenvalue weighted by molar-refractivity contribution is 5.93. The first-order valence-corrected chi connectivity index (χ1v) is 9.58. The van der Waals surface area contributed by atoms with Crippen molar-refractivity contribution in [1.82, 2.24) is 24.2 Å². The molecule has 0 spiro atoms. The molecule has 7 heteroatoms. The summed E-state index contributed by atoms with van der Waals surface area (Å²) in [7, 11) is 0. The monoisotopic (exact) mass is 377 g/mol. The number of rotatable bonds is 4. The van der Waals surface area contributed by atoms with E-state index in [0.717, 1.165) is 12.0 Å². The summed E-state index contributed by atoms with van der Waals surface area (Å²) in [6.07, 6.45) is 6.26. The number of carbonyl (C=O) groups is 2. The standard InChI is InChI=1S/C21H23N5O2/c1-2-17-14-24(20(28)18-15-25-11-6-10-22-21(25)23-18)12-9-19(27)26(17)13-16-7-4-3-5-8-16/h3-8,10-11,15,17H,2,9,12-14H2,1H3. The van der Waals surface area contributed by atoms with Crippen molar-refractivity contribution in [1.29, 1.82) is 0 Å². The fraction of sp³-hybridized carbons (Fsp3) is 0.333. The van der Waals surface area contributed by atoms with Gasteiger partial charge in [0.1, 0.15) is 5.69 Å². The van der Waals surface area contributed by atoms with Crippen molar-refractivity contribution in [3.63, 3.8) is 0 Å². The first kappa shape index (κ1) is 18.2. The molecule has 1 fully saturated rings. The molecule has 28 heavy (non-hydrogen) atoms. The number of nitrogens with zero attached hydrogens (tertiary/aromatic N) is 5. The maximum Gasteiger partial charge on any atom is 0.274 e. The Balaban J connectivity index is 1.55. The van der Waals surface area contributed by atoms with Crippen LogP contribution >= 0.6 is 0 Å². The summed E-state index contributed by atoms with van der Waals surface area (Å²) < 4.78 is 1.73. The zero-order chi connectivity index (χ0) is 19.5. The van der Waals surface area contributed by atoms with E-state index >= 15 is 0 Å². The Morgan fingerprint density at radius 1 is 1.21 bits per heavy atom. The van der Waals surface area contributed by atoms with Crippen LogP contribution < -0.4 is 0 Å². The molecule has 1 unspecified atom stereocenters. The summed E-state index contributed by atoms with van der Waals surface area (Å²) in [5.41, 5.74) is 1.46. The SMILES string of the molecule is CCC1CN(C(=O)c2cn3cccnc3n2)CCC(=O)N1Cc1ccccc1. The quantitative estimate of drug-likeness (QED) is 0.700. The van der Waals surface area contributed by atoms with Gasteiger partial charge in [-0.25, -0.2) is 9.97 Å². The molecule has 1 atom stereocenters. The molecular formula is C21H23N5O2. The Morgan fingerprint density at radius 2 is 2.04 bits per heavy atom. The van der Waals surface area contributed by atoms with Crippen molar-refractivity contribution in [2.45, 2.75) is 32.4 Å². The van der Waals surface area contributed by atoms with Crippen molar-refractivity contribution in [2.75, 3.05) is 13.1 Å². The van der Waals surface area contributed by atoms with Gasteiger partial charge in [-0.1, -0.05) is 37.3 Å².